The quantitative estimate of drug-likeness (QED) is 0.613. The molecule has 0 aromatic carbocycles. The molecule has 1 amide bonds. The van der Waals surface area contributed by atoms with Crippen LogP contribution < -0.4 is 5.73 Å². The first-order valence-corrected chi connectivity index (χ1v) is 3.48. The number of hydrogen-bond donors (Lipinski definition) is 2. The number of aromatic amines is 1. The van der Waals surface area contributed by atoms with E-state index in [0.717, 1.165) is 0 Å². The van der Waals surface area contributed by atoms with Crippen molar-refractivity contribution in [3.8, 4) is 0 Å². The van der Waals surface area contributed by atoms with Crippen LogP contribution in [0.15, 0.2) is 6.20 Å². The van der Waals surface area contributed by atoms with Crippen LogP contribution in [0, 0.1) is 0 Å². The van der Waals surface area contributed by atoms with Gasteiger partial charge in [-0.3, -0.25) is 9.89 Å². The van der Waals surface area contributed by atoms with Crippen LogP contribution in [0.2, 0.25) is 0 Å². The van der Waals surface area contributed by atoms with E-state index in [9.17, 15) is 9.59 Å². The second kappa shape index (κ2) is 3.65. The molecule has 1 rings (SSSR count). The van der Waals surface area contributed by atoms with Crippen LogP contribution in [-0.2, 0) is 4.74 Å². The molecule has 1 heterocycles. The predicted octanol–water partition coefficient (Wildman–Crippen LogP) is -0.529. The fourth-order valence-electron chi connectivity index (χ4n) is 0.758. The highest BCUT2D eigenvalue weighted by Crippen LogP contribution is 2.00. The van der Waals surface area contributed by atoms with E-state index in [0.29, 0.717) is 0 Å². The SMILES string of the molecule is CC(OC(N)=O)C(=O)c1c[nH]nn1. The number of rotatable bonds is 3. The van der Waals surface area contributed by atoms with Crippen molar-refractivity contribution in [1.29, 1.82) is 0 Å². The highest BCUT2D eigenvalue weighted by Gasteiger charge is 2.20. The van der Waals surface area contributed by atoms with E-state index >= 15 is 0 Å². The average Bonchev–Trinajstić information content (AvgIpc) is 2.53. The van der Waals surface area contributed by atoms with Crippen molar-refractivity contribution in [2.75, 3.05) is 0 Å². The number of ether oxygens (including phenoxy) is 1. The van der Waals surface area contributed by atoms with Crippen LogP contribution in [0.25, 0.3) is 0 Å². The van der Waals surface area contributed by atoms with Crippen LogP contribution in [0.4, 0.5) is 4.79 Å². The van der Waals surface area contributed by atoms with Crippen LogP contribution in [-0.4, -0.2) is 33.4 Å². The third-order valence-corrected chi connectivity index (χ3v) is 1.33. The summed E-state index contributed by atoms with van der Waals surface area (Å²) in [5, 5.41) is 9.16. The zero-order chi connectivity index (χ0) is 9.84. The summed E-state index contributed by atoms with van der Waals surface area (Å²) in [5.74, 6) is -0.451. The van der Waals surface area contributed by atoms with Gasteiger partial charge in [0.15, 0.2) is 11.8 Å². The number of hydrogen-bond acceptors (Lipinski definition) is 5. The number of amides is 1. The molecule has 0 bridgehead atoms. The molecule has 13 heavy (non-hydrogen) atoms. The number of H-pyrrole nitrogens is 1. The minimum Gasteiger partial charge on any atom is -0.438 e. The molecule has 0 radical (unpaired) electrons. The lowest BCUT2D eigenvalue weighted by molar-refractivity contribution is 0.0690. The van der Waals surface area contributed by atoms with Crippen molar-refractivity contribution in [3.63, 3.8) is 0 Å². The van der Waals surface area contributed by atoms with Crippen molar-refractivity contribution >= 4 is 11.9 Å². The maximum atomic E-state index is 11.3. The van der Waals surface area contributed by atoms with Gasteiger partial charge < -0.3 is 10.5 Å². The first-order valence-electron chi connectivity index (χ1n) is 3.48. The number of nitrogens with zero attached hydrogens (tertiary/aromatic N) is 2. The van der Waals surface area contributed by atoms with E-state index in [4.69, 9.17) is 5.73 Å². The molecule has 1 aromatic rings. The summed E-state index contributed by atoms with van der Waals surface area (Å²) in [4.78, 5) is 21.6. The molecule has 7 nitrogen and oxygen atoms in total. The van der Waals surface area contributed by atoms with Gasteiger partial charge in [-0.25, -0.2) is 4.79 Å². The third-order valence-electron chi connectivity index (χ3n) is 1.33. The monoisotopic (exact) mass is 184 g/mol. The van der Waals surface area contributed by atoms with Gasteiger partial charge in [-0.05, 0) is 6.92 Å². The molecule has 0 aliphatic heterocycles. The number of nitrogens with two attached hydrogens (primary N) is 1. The van der Waals surface area contributed by atoms with E-state index in [1.807, 2.05) is 0 Å². The molecule has 0 spiro atoms. The van der Waals surface area contributed by atoms with E-state index in [1.54, 1.807) is 0 Å². The maximum absolute atomic E-state index is 11.3. The Balaban J connectivity index is 2.63. The van der Waals surface area contributed by atoms with Gasteiger partial charge in [0.2, 0.25) is 5.78 Å². The number of nitrogens with one attached hydrogen (secondary N) is 1. The Morgan fingerprint density at radius 3 is 2.85 bits per heavy atom. The van der Waals surface area contributed by atoms with E-state index in [1.165, 1.54) is 13.1 Å². The molecule has 0 saturated heterocycles. The second-order valence-corrected chi connectivity index (χ2v) is 2.30. The molecule has 0 aliphatic carbocycles. The van der Waals surface area contributed by atoms with Crippen LogP contribution in [0.1, 0.15) is 17.4 Å². The lowest BCUT2D eigenvalue weighted by Crippen LogP contribution is -2.27. The Bertz CT molecular complexity index is 308. The Hall–Kier alpha value is -1.92. The van der Waals surface area contributed by atoms with Gasteiger partial charge >= 0.3 is 6.09 Å². The number of Topliss-reactive ketones (excluding diaryl/α,β-unsaturated/α-hetero) is 1. The molecule has 1 atom stereocenters. The van der Waals surface area contributed by atoms with Crippen molar-refractivity contribution in [2.45, 2.75) is 13.0 Å². The predicted molar refractivity (Wildman–Crippen MR) is 40.8 cm³/mol. The standard InChI is InChI=1S/C6H8N4O3/c1-3(13-6(7)12)5(11)4-2-8-10-9-4/h2-3H,1H3,(H2,7,12)(H,8,9,10). The first-order chi connectivity index (χ1) is 6.11. The van der Waals surface area contributed by atoms with Gasteiger partial charge in [-0.2, -0.15) is 0 Å². The van der Waals surface area contributed by atoms with E-state index in [-0.39, 0.29) is 5.69 Å². The Morgan fingerprint density at radius 1 is 1.69 bits per heavy atom. The van der Waals surface area contributed by atoms with Gasteiger partial charge in [0.05, 0.1) is 6.20 Å². The van der Waals surface area contributed by atoms with Crippen LogP contribution in [0.5, 0.6) is 0 Å². The molecular formula is C6H8N4O3. The number of carbonyl (C=O) groups is 2. The average molecular weight is 184 g/mol. The molecule has 0 saturated carbocycles. The van der Waals surface area contributed by atoms with Crippen LogP contribution >= 0.6 is 0 Å². The molecule has 70 valence electrons. The van der Waals surface area contributed by atoms with Crippen LogP contribution in [0.3, 0.4) is 0 Å². The summed E-state index contributed by atoms with van der Waals surface area (Å²) in [6.45, 7) is 1.40. The normalized spacial score (nSPS) is 12.1. The van der Waals surface area contributed by atoms with Gasteiger partial charge in [-0.15, -0.1) is 5.10 Å². The second-order valence-electron chi connectivity index (χ2n) is 2.30. The van der Waals surface area contributed by atoms with Gasteiger partial charge in [0, 0.05) is 0 Å². The Morgan fingerprint density at radius 2 is 2.38 bits per heavy atom. The number of carbonyl (C=O) groups excluding carboxylic acids is 2. The number of primary amides is 1. The van der Waals surface area contributed by atoms with E-state index in [2.05, 4.69) is 20.1 Å². The minimum absolute atomic E-state index is 0.105. The molecular weight excluding hydrogens is 176 g/mol. The lowest BCUT2D eigenvalue weighted by Gasteiger charge is -2.06. The van der Waals surface area contributed by atoms with Crippen molar-refractivity contribution in [1.82, 2.24) is 15.4 Å². The molecule has 1 aromatic heterocycles. The Kier molecular flexibility index (Phi) is 2.58. The molecule has 7 heteroatoms. The summed E-state index contributed by atoms with van der Waals surface area (Å²) in [6, 6.07) is 0. The molecule has 0 aliphatic rings. The summed E-state index contributed by atoms with van der Waals surface area (Å²) < 4.78 is 4.44. The first kappa shape index (κ1) is 9.17. The lowest BCUT2D eigenvalue weighted by atomic mass is 10.2. The van der Waals surface area contributed by atoms with E-state index < -0.39 is 18.0 Å². The van der Waals surface area contributed by atoms with Crippen molar-refractivity contribution < 1.29 is 14.3 Å². The Labute approximate surface area is 73.3 Å². The highest BCUT2D eigenvalue weighted by molar-refractivity contribution is 5.98. The molecule has 3 N–H and O–H groups in total. The van der Waals surface area contributed by atoms with Crippen molar-refractivity contribution in [2.24, 2.45) is 5.73 Å². The summed E-state index contributed by atoms with van der Waals surface area (Å²) >= 11 is 0. The highest BCUT2D eigenvalue weighted by atomic mass is 16.6. The largest absolute Gasteiger partial charge is 0.438 e. The fraction of sp³-hybridized carbons (Fsp3) is 0.333. The maximum Gasteiger partial charge on any atom is 0.405 e. The number of ketones is 1. The van der Waals surface area contributed by atoms with Gasteiger partial charge in [0.1, 0.15) is 0 Å². The topological polar surface area (TPSA) is 111 Å². The molecule has 1 unspecified atom stereocenters. The van der Waals surface area contributed by atoms with Crippen molar-refractivity contribution in [3.05, 3.63) is 11.9 Å². The van der Waals surface area contributed by atoms with Gasteiger partial charge in [0.25, 0.3) is 0 Å². The minimum atomic E-state index is -0.996. The summed E-state index contributed by atoms with van der Waals surface area (Å²) in [7, 11) is 0. The summed E-state index contributed by atoms with van der Waals surface area (Å²) in [5.41, 5.74) is 4.83. The zero-order valence-electron chi connectivity index (χ0n) is 6.85. The number of aromatic nitrogens is 3. The smallest absolute Gasteiger partial charge is 0.405 e. The fourth-order valence-corrected chi connectivity index (χ4v) is 0.758. The zero-order valence-corrected chi connectivity index (χ0v) is 6.85. The summed E-state index contributed by atoms with van der Waals surface area (Å²) in [6.07, 6.45) is -0.629. The third kappa shape index (κ3) is 2.26. The molecule has 0 fully saturated rings. The van der Waals surface area contributed by atoms with Gasteiger partial charge in [-0.1, -0.05) is 5.21 Å².